The van der Waals surface area contributed by atoms with Gasteiger partial charge in [-0.15, -0.1) is 0 Å². The molecule has 2 atom stereocenters. The highest BCUT2D eigenvalue weighted by Crippen LogP contribution is 1.99. The van der Waals surface area contributed by atoms with Gasteiger partial charge in [0.05, 0.1) is 18.8 Å². The molecule has 0 rings (SSSR count). The van der Waals surface area contributed by atoms with Crippen LogP contribution in [0.3, 0.4) is 0 Å². The predicted octanol–water partition coefficient (Wildman–Crippen LogP) is 1.01. The highest BCUT2D eigenvalue weighted by Gasteiger charge is 2.15. The zero-order valence-electron chi connectivity index (χ0n) is 12.8. The number of rotatable bonds is 11. The third-order valence-corrected chi connectivity index (χ3v) is 2.92. The molecule has 2 N–H and O–H groups in total. The molecule has 0 saturated heterocycles. The van der Waals surface area contributed by atoms with Crippen LogP contribution in [0, 0.1) is 0 Å². The molecule has 0 aliphatic carbocycles. The zero-order chi connectivity index (χ0) is 14.7. The Hall–Kier alpha value is -0.650. The second-order valence-electron chi connectivity index (χ2n) is 5.15. The van der Waals surface area contributed by atoms with Crippen LogP contribution in [0.4, 0.5) is 0 Å². The number of likely N-dealkylation sites (N-methyl/N-ethyl adjacent to an activating group) is 1. The van der Waals surface area contributed by atoms with Crippen LogP contribution in [-0.2, 0) is 9.53 Å². The maximum absolute atomic E-state index is 11.6. The number of hydrogen-bond acceptors (Lipinski definition) is 4. The molecular formula is C14H30N2O3. The van der Waals surface area contributed by atoms with Crippen molar-refractivity contribution in [3.8, 4) is 0 Å². The van der Waals surface area contributed by atoms with E-state index in [-0.39, 0.29) is 11.9 Å². The van der Waals surface area contributed by atoms with E-state index >= 15 is 0 Å². The average Bonchev–Trinajstić information content (AvgIpc) is 2.38. The fourth-order valence-corrected chi connectivity index (χ4v) is 1.70. The molecule has 0 spiro atoms. The monoisotopic (exact) mass is 274 g/mol. The Bertz CT molecular complexity index is 235. The summed E-state index contributed by atoms with van der Waals surface area (Å²) in [6.07, 6.45) is 4.11. The molecule has 0 fully saturated rings. The van der Waals surface area contributed by atoms with Gasteiger partial charge in [-0.05, 0) is 13.3 Å². The number of amides is 1. The van der Waals surface area contributed by atoms with E-state index in [0.29, 0.717) is 19.8 Å². The first-order chi connectivity index (χ1) is 8.99. The summed E-state index contributed by atoms with van der Waals surface area (Å²) in [5.74, 6) is 0.00711. The highest BCUT2D eigenvalue weighted by molar-refractivity contribution is 5.80. The number of aliphatic hydroxyl groups is 1. The molecule has 114 valence electrons. The fraction of sp³-hybridized carbons (Fsp3) is 0.929. The average molecular weight is 274 g/mol. The minimum absolute atomic E-state index is 0.00711. The van der Waals surface area contributed by atoms with Crippen LogP contribution in [0.5, 0.6) is 0 Å². The summed E-state index contributed by atoms with van der Waals surface area (Å²) in [7, 11) is 3.44. The number of carbonyl (C=O) groups is 1. The van der Waals surface area contributed by atoms with Crippen LogP contribution in [0.2, 0.25) is 0 Å². The Labute approximate surface area is 117 Å². The first-order valence-corrected chi connectivity index (χ1v) is 7.19. The predicted molar refractivity (Wildman–Crippen MR) is 77.1 cm³/mol. The third kappa shape index (κ3) is 9.87. The van der Waals surface area contributed by atoms with Gasteiger partial charge in [0, 0.05) is 27.2 Å². The van der Waals surface area contributed by atoms with E-state index < -0.39 is 6.10 Å². The SMILES string of the molecule is CCCCCCOCC(O)CNC(C)C(=O)N(C)C. The van der Waals surface area contributed by atoms with Gasteiger partial charge in [-0.25, -0.2) is 0 Å². The zero-order valence-corrected chi connectivity index (χ0v) is 12.8. The molecule has 0 saturated carbocycles. The number of nitrogens with one attached hydrogen (secondary N) is 1. The van der Waals surface area contributed by atoms with Crippen molar-refractivity contribution >= 4 is 5.91 Å². The Morgan fingerprint density at radius 2 is 2.00 bits per heavy atom. The number of unbranched alkanes of at least 4 members (excludes halogenated alkanes) is 3. The minimum atomic E-state index is -0.566. The van der Waals surface area contributed by atoms with Crippen molar-refractivity contribution in [3.63, 3.8) is 0 Å². The summed E-state index contributed by atoms with van der Waals surface area (Å²) >= 11 is 0. The third-order valence-electron chi connectivity index (χ3n) is 2.92. The van der Waals surface area contributed by atoms with Crippen LogP contribution in [0.1, 0.15) is 39.5 Å². The molecule has 0 heterocycles. The minimum Gasteiger partial charge on any atom is -0.389 e. The van der Waals surface area contributed by atoms with Crippen molar-refractivity contribution in [1.29, 1.82) is 0 Å². The molecule has 0 aliphatic rings. The van der Waals surface area contributed by atoms with Gasteiger partial charge in [0.2, 0.25) is 5.91 Å². The van der Waals surface area contributed by atoms with Crippen molar-refractivity contribution < 1.29 is 14.6 Å². The highest BCUT2D eigenvalue weighted by atomic mass is 16.5. The van der Waals surface area contributed by atoms with Crippen LogP contribution in [-0.4, -0.2) is 61.9 Å². The van der Waals surface area contributed by atoms with Gasteiger partial charge < -0.3 is 20.1 Å². The molecule has 2 unspecified atom stereocenters. The lowest BCUT2D eigenvalue weighted by Gasteiger charge is -2.19. The summed E-state index contributed by atoms with van der Waals surface area (Å²) in [6.45, 7) is 5.36. The molecule has 0 aromatic heterocycles. The molecule has 5 heteroatoms. The maximum atomic E-state index is 11.6. The van der Waals surface area contributed by atoms with E-state index in [2.05, 4.69) is 12.2 Å². The van der Waals surface area contributed by atoms with Gasteiger partial charge in [-0.2, -0.15) is 0 Å². The van der Waals surface area contributed by atoms with Crippen LogP contribution in [0.15, 0.2) is 0 Å². The number of nitrogens with zero attached hydrogens (tertiary/aromatic N) is 1. The van der Waals surface area contributed by atoms with E-state index in [9.17, 15) is 9.90 Å². The molecule has 1 amide bonds. The fourth-order valence-electron chi connectivity index (χ4n) is 1.70. The molecule has 0 radical (unpaired) electrons. The summed E-state index contributed by atoms with van der Waals surface area (Å²) in [5.41, 5.74) is 0. The van der Waals surface area contributed by atoms with E-state index in [4.69, 9.17) is 4.74 Å². The van der Waals surface area contributed by atoms with Crippen molar-refractivity contribution in [1.82, 2.24) is 10.2 Å². The number of carbonyl (C=O) groups excluding carboxylic acids is 1. The lowest BCUT2D eigenvalue weighted by molar-refractivity contribution is -0.130. The van der Waals surface area contributed by atoms with E-state index in [1.54, 1.807) is 21.0 Å². The normalized spacial score (nSPS) is 14.2. The first kappa shape index (κ1) is 18.4. The van der Waals surface area contributed by atoms with Gasteiger partial charge in [-0.1, -0.05) is 26.2 Å². The quantitative estimate of drug-likeness (QED) is 0.552. The first-order valence-electron chi connectivity index (χ1n) is 7.19. The Balaban J connectivity index is 3.53. The smallest absolute Gasteiger partial charge is 0.238 e. The van der Waals surface area contributed by atoms with Crippen molar-refractivity contribution in [3.05, 3.63) is 0 Å². The van der Waals surface area contributed by atoms with Crippen molar-refractivity contribution in [2.24, 2.45) is 0 Å². The summed E-state index contributed by atoms with van der Waals surface area (Å²) in [4.78, 5) is 13.1. The van der Waals surface area contributed by atoms with Crippen LogP contribution in [0.25, 0.3) is 0 Å². The second kappa shape index (κ2) is 11.2. The van der Waals surface area contributed by atoms with Gasteiger partial charge in [-0.3, -0.25) is 4.79 Å². The molecule has 0 aromatic carbocycles. The number of aliphatic hydroxyl groups excluding tert-OH is 1. The van der Waals surface area contributed by atoms with Crippen molar-refractivity contribution in [2.75, 3.05) is 33.9 Å². The Kier molecular flexibility index (Phi) is 10.8. The summed E-state index contributed by atoms with van der Waals surface area (Å²) in [5, 5.41) is 12.7. The Morgan fingerprint density at radius 1 is 1.32 bits per heavy atom. The van der Waals surface area contributed by atoms with E-state index in [0.717, 1.165) is 6.42 Å². The van der Waals surface area contributed by atoms with Gasteiger partial charge in [0.1, 0.15) is 0 Å². The van der Waals surface area contributed by atoms with Gasteiger partial charge in [0.25, 0.3) is 0 Å². The van der Waals surface area contributed by atoms with Gasteiger partial charge in [0.15, 0.2) is 0 Å². The standard InChI is InChI=1S/C14H30N2O3/c1-5-6-7-8-9-19-11-13(17)10-15-12(2)14(18)16(3)4/h12-13,15,17H,5-11H2,1-4H3. The summed E-state index contributed by atoms with van der Waals surface area (Å²) < 4.78 is 5.40. The van der Waals surface area contributed by atoms with Crippen LogP contribution >= 0.6 is 0 Å². The second-order valence-corrected chi connectivity index (χ2v) is 5.15. The number of hydrogen-bond donors (Lipinski definition) is 2. The molecule has 0 aromatic rings. The number of ether oxygens (including phenoxy) is 1. The van der Waals surface area contributed by atoms with E-state index in [1.165, 1.54) is 24.2 Å². The van der Waals surface area contributed by atoms with Gasteiger partial charge >= 0.3 is 0 Å². The Morgan fingerprint density at radius 3 is 2.58 bits per heavy atom. The van der Waals surface area contributed by atoms with Crippen molar-refractivity contribution in [2.45, 2.75) is 51.7 Å². The largest absolute Gasteiger partial charge is 0.389 e. The van der Waals surface area contributed by atoms with E-state index in [1.807, 2.05) is 0 Å². The van der Waals surface area contributed by atoms with Crippen LogP contribution < -0.4 is 5.32 Å². The lowest BCUT2D eigenvalue weighted by Crippen LogP contribution is -2.45. The lowest BCUT2D eigenvalue weighted by atomic mass is 10.2. The summed E-state index contributed by atoms with van der Waals surface area (Å²) in [6, 6.07) is -0.283. The topological polar surface area (TPSA) is 61.8 Å². The molecule has 5 nitrogen and oxygen atoms in total. The molecule has 0 bridgehead atoms. The molecule has 19 heavy (non-hydrogen) atoms. The maximum Gasteiger partial charge on any atom is 0.238 e. The molecular weight excluding hydrogens is 244 g/mol. The molecule has 0 aliphatic heterocycles.